The van der Waals surface area contributed by atoms with Crippen molar-refractivity contribution in [2.75, 3.05) is 26.7 Å². The fraction of sp³-hybridized carbons (Fsp3) is 1.00. The van der Waals surface area contributed by atoms with Crippen molar-refractivity contribution in [3.63, 3.8) is 0 Å². The van der Waals surface area contributed by atoms with Gasteiger partial charge >= 0.3 is 0 Å². The van der Waals surface area contributed by atoms with Crippen LogP contribution in [0.3, 0.4) is 0 Å². The minimum Gasteiger partial charge on any atom is -0.317 e. The highest BCUT2D eigenvalue weighted by Crippen LogP contribution is 2.25. The summed E-state index contributed by atoms with van der Waals surface area (Å²) < 4.78 is 0. The van der Waals surface area contributed by atoms with E-state index < -0.39 is 0 Å². The van der Waals surface area contributed by atoms with E-state index in [0.717, 1.165) is 12.0 Å². The molecule has 0 aromatic rings. The molecule has 76 valence electrons. The zero-order valence-corrected chi connectivity index (χ0v) is 8.76. The van der Waals surface area contributed by atoms with Crippen LogP contribution < -0.4 is 5.32 Å². The molecule has 0 aromatic carbocycles. The minimum absolute atomic E-state index is 0.926. The standard InChI is InChI=1S/C11H22N2/c1-13(11-3-2-4-11)9-10-5-7-12-8-6-10/h10-12H,2-9H2,1H3. The van der Waals surface area contributed by atoms with Gasteiger partial charge in [0.15, 0.2) is 0 Å². The average Bonchev–Trinajstić information content (AvgIpc) is 2.02. The zero-order valence-electron chi connectivity index (χ0n) is 8.76. The second-order valence-corrected chi connectivity index (χ2v) is 4.72. The van der Waals surface area contributed by atoms with Gasteiger partial charge in [0, 0.05) is 12.6 Å². The topological polar surface area (TPSA) is 15.3 Å². The summed E-state index contributed by atoms with van der Waals surface area (Å²) >= 11 is 0. The molecule has 1 saturated heterocycles. The molecule has 0 bridgehead atoms. The molecule has 1 aliphatic carbocycles. The minimum atomic E-state index is 0.926. The van der Waals surface area contributed by atoms with Crippen LogP contribution in [0.15, 0.2) is 0 Å². The van der Waals surface area contributed by atoms with Crippen LogP contribution in [0.5, 0.6) is 0 Å². The lowest BCUT2D eigenvalue weighted by Crippen LogP contribution is -2.42. The maximum atomic E-state index is 3.43. The number of hydrogen-bond donors (Lipinski definition) is 1. The van der Waals surface area contributed by atoms with E-state index >= 15 is 0 Å². The van der Waals surface area contributed by atoms with Crippen LogP contribution in [0, 0.1) is 5.92 Å². The molecule has 2 rings (SSSR count). The van der Waals surface area contributed by atoms with Gasteiger partial charge in [0.2, 0.25) is 0 Å². The van der Waals surface area contributed by atoms with Crippen molar-refractivity contribution in [3.05, 3.63) is 0 Å². The van der Waals surface area contributed by atoms with Crippen molar-refractivity contribution in [2.45, 2.75) is 38.1 Å². The molecule has 0 amide bonds. The summed E-state index contributed by atoms with van der Waals surface area (Å²) in [6.07, 6.45) is 7.12. The highest BCUT2D eigenvalue weighted by molar-refractivity contribution is 4.80. The average molecular weight is 182 g/mol. The molecular formula is C11H22N2. The molecule has 1 heterocycles. The summed E-state index contributed by atoms with van der Waals surface area (Å²) in [5.41, 5.74) is 0. The second kappa shape index (κ2) is 4.43. The second-order valence-electron chi connectivity index (χ2n) is 4.72. The third-order valence-corrected chi connectivity index (χ3v) is 3.70. The van der Waals surface area contributed by atoms with Crippen molar-refractivity contribution in [3.8, 4) is 0 Å². The Balaban J connectivity index is 1.69. The van der Waals surface area contributed by atoms with Gasteiger partial charge in [0.05, 0.1) is 0 Å². The quantitative estimate of drug-likeness (QED) is 0.711. The molecule has 2 heteroatoms. The van der Waals surface area contributed by atoms with Crippen molar-refractivity contribution in [1.29, 1.82) is 0 Å². The number of nitrogens with zero attached hydrogens (tertiary/aromatic N) is 1. The summed E-state index contributed by atoms with van der Waals surface area (Å²) in [7, 11) is 2.31. The predicted molar refractivity (Wildman–Crippen MR) is 55.9 cm³/mol. The van der Waals surface area contributed by atoms with E-state index in [1.807, 2.05) is 0 Å². The van der Waals surface area contributed by atoms with E-state index in [2.05, 4.69) is 17.3 Å². The van der Waals surface area contributed by atoms with Crippen LogP contribution in [0.2, 0.25) is 0 Å². The van der Waals surface area contributed by atoms with Crippen molar-refractivity contribution >= 4 is 0 Å². The van der Waals surface area contributed by atoms with E-state index in [1.54, 1.807) is 0 Å². The Morgan fingerprint density at radius 3 is 2.38 bits per heavy atom. The van der Waals surface area contributed by atoms with Gasteiger partial charge in [0.1, 0.15) is 0 Å². The Hall–Kier alpha value is -0.0800. The van der Waals surface area contributed by atoms with Crippen LogP contribution in [-0.4, -0.2) is 37.6 Å². The molecule has 0 atom stereocenters. The smallest absolute Gasteiger partial charge is 0.00923 e. The van der Waals surface area contributed by atoms with Crippen LogP contribution >= 0.6 is 0 Å². The third kappa shape index (κ3) is 2.44. The van der Waals surface area contributed by atoms with Crippen LogP contribution in [-0.2, 0) is 0 Å². The Labute approximate surface area is 81.7 Å². The molecule has 1 aliphatic heterocycles. The Morgan fingerprint density at radius 2 is 1.85 bits per heavy atom. The number of nitrogens with one attached hydrogen (secondary N) is 1. The van der Waals surface area contributed by atoms with Gasteiger partial charge in [-0.2, -0.15) is 0 Å². The van der Waals surface area contributed by atoms with Gasteiger partial charge in [-0.25, -0.2) is 0 Å². The highest BCUT2D eigenvalue weighted by atomic mass is 15.1. The van der Waals surface area contributed by atoms with Gasteiger partial charge < -0.3 is 10.2 Å². The van der Waals surface area contributed by atoms with Gasteiger partial charge in [-0.1, -0.05) is 6.42 Å². The Bertz CT molecular complexity index is 148. The van der Waals surface area contributed by atoms with E-state index in [1.165, 1.54) is 51.7 Å². The molecule has 1 saturated carbocycles. The monoisotopic (exact) mass is 182 g/mol. The van der Waals surface area contributed by atoms with Crippen molar-refractivity contribution < 1.29 is 0 Å². The summed E-state index contributed by atoms with van der Waals surface area (Å²) in [6, 6.07) is 0.926. The molecular weight excluding hydrogens is 160 g/mol. The first-order chi connectivity index (χ1) is 6.36. The number of piperidine rings is 1. The number of hydrogen-bond acceptors (Lipinski definition) is 2. The molecule has 2 fully saturated rings. The molecule has 0 aromatic heterocycles. The summed E-state index contributed by atoms with van der Waals surface area (Å²) in [6.45, 7) is 3.82. The summed E-state index contributed by atoms with van der Waals surface area (Å²) in [5.74, 6) is 0.965. The van der Waals surface area contributed by atoms with Crippen LogP contribution in [0.4, 0.5) is 0 Å². The largest absolute Gasteiger partial charge is 0.317 e. The fourth-order valence-electron chi connectivity index (χ4n) is 2.45. The first kappa shape index (κ1) is 9.47. The lowest BCUT2D eigenvalue weighted by molar-refractivity contribution is 0.128. The van der Waals surface area contributed by atoms with Gasteiger partial charge in [0.25, 0.3) is 0 Å². The van der Waals surface area contributed by atoms with E-state index in [-0.39, 0.29) is 0 Å². The van der Waals surface area contributed by atoms with E-state index in [4.69, 9.17) is 0 Å². The van der Waals surface area contributed by atoms with Gasteiger partial charge in [-0.15, -0.1) is 0 Å². The first-order valence-corrected chi connectivity index (χ1v) is 5.77. The lowest BCUT2D eigenvalue weighted by atomic mass is 9.90. The molecule has 2 aliphatic rings. The predicted octanol–water partition coefficient (Wildman–Crippen LogP) is 1.47. The van der Waals surface area contributed by atoms with Gasteiger partial charge in [-0.3, -0.25) is 0 Å². The number of rotatable bonds is 3. The third-order valence-electron chi connectivity index (χ3n) is 3.70. The highest BCUT2D eigenvalue weighted by Gasteiger charge is 2.24. The van der Waals surface area contributed by atoms with Crippen molar-refractivity contribution in [2.24, 2.45) is 5.92 Å². The summed E-state index contributed by atoms with van der Waals surface area (Å²) in [5, 5.41) is 3.43. The molecule has 2 nitrogen and oxygen atoms in total. The van der Waals surface area contributed by atoms with Crippen LogP contribution in [0.1, 0.15) is 32.1 Å². The molecule has 1 N–H and O–H groups in total. The lowest BCUT2D eigenvalue weighted by Gasteiger charge is -2.37. The molecule has 0 spiro atoms. The van der Waals surface area contributed by atoms with E-state index in [9.17, 15) is 0 Å². The van der Waals surface area contributed by atoms with Crippen LogP contribution in [0.25, 0.3) is 0 Å². The SMILES string of the molecule is CN(CC1CCNCC1)C1CCC1. The van der Waals surface area contributed by atoms with E-state index in [0.29, 0.717) is 0 Å². The zero-order chi connectivity index (χ0) is 9.10. The Morgan fingerprint density at radius 1 is 1.15 bits per heavy atom. The first-order valence-electron chi connectivity index (χ1n) is 5.77. The van der Waals surface area contributed by atoms with Crippen molar-refractivity contribution in [1.82, 2.24) is 10.2 Å². The maximum Gasteiger partial charge on any atom is 0.00923 e. The summed E-state index contributed by atoms with van der Waals surface area (Å²) in [4.78, 5) is 2.60. The Kier molecular flexibility index (Phi) is 3.23. The maximum absolute atomic E-state index is 3.43. The molecule has 0 radical (unpaired) electrons. The molecule has 13 heavy (non-hydrogen) atoms. The fourth-order valence-corrected chi connectivity index (χ4v) is 2.45. The van der Waals surface area contributed by atoms with Gasteiger partial charge in [-0.05, 0) is 51.7 Å². The molecule has 0 unspecified atom stereocenters. The normalized spacial score (nSPS) is 26.3.